The molecule has 0 radical (unpaired) electrons. The Morgan fingerprint density at radius 2 is 2.16 bits per heavy atom. The van der Waals surface area contributed by atoms with Crippen molar-refractivity contribution >= 4 is 26.9 Å². The van der Waals surface area contributed by atoms with Gasteiger partial charge in [0.15, 0.2) is 9.84 Å². The highest BCUT2D eigenvalue weighted by atomic mass is 32.2. The molecule has 102 valence electrons. The molecule has 0 atom stereocenters. The van der Waals surface area contributed by atoms with Gasteiger partial charge in [0.1, 0.15) is 16.5 Å². The van der Waals surface area contributed by atoms with E-state index in [9.17, 15) is 8.42 Å². The molecular formula is C12H14N2O3S2. The number of rotatable bonds is 4. The van der Waals surface area contributed by atoms with Crippen LogP contribution in [0.5, 0.6) is 5.75 Å². The average molecular weight is 298 g/mol. The molecule has 2 N–H and O–H groups in total. The first kappa shape index (κ1) is 13.8. The molecule has 0 unspecified atom stereocenters. The second-order valence-electron chi connectivity index (χ2n) is 4.05. The maximum atomic E-state index is 12.3. The van der Waals surface area contributed by atoms with Crippen LogP contribution >= 0.6 is 11.3 Å². The Hall–Kier alpha value is -1.60. The van der Waals surface area contributed by atoms with Crippen molar-refractivity contribution in [2.75, 3.05) is 12.8 Å². The minimum Gasteiger partial charge on any atom is -0.497 e. The average Bonchev–Trinajstić information content (AvgIpc) is 2.74. The maximum Gasteiger partial charge on any atom is 0.187 e. The second kappa shape index (κ2) is 5.18. The molecule has 7 heteroatoms. The molecule has 0 amide bonds. The Balaban J connectivity index is 2.39. The van der Waals surface area contributed by atoms with Crippen LogP contribution in [0.25, 0.3) is 0 Å². The normalized spacial score (nSPS) is 11.5. The van der Waals surface area contributed by atoms with Crippen LogP contribution in [-0.4, -0.2) is 20.5 Å². The lowest BCUT2D eigenvalue weighted by Crippen LogP contribution is -2.08. The summed E-state index contributed by atoms with van der Waals surface area (Å²) < 4.78 is 29.7. The molecule has 1 heterocycles. The Kier molecular flexibility index (Phi) is 3.77. The maximum absolute atomic E-state index is 12.3. The van der Waals surface area contributed by atoms with Gasteiger partial charge >= 0.3 is 0 Å². The van der Waals surface area contributed by atoms with Crippen LogP contribution in [0.3, 0.4) is 0 Å². The molecule has 0 bridgehead atoms. The number of aryl methyl sites for hydroxylation is 1. The molecule has 0 saturated carbocycles. The molecule has 2 rings (SSSR count). The number of hydrogen-bond donors (Lipinski definition) is 1. The predicted molar refractivity (Wildman–Crippen MR) is 75.1 cm³/mol. The van der Waals surface area contributed by atoms with E-state index < -0.39 is 9.84 Å². The van der Waals surface area contributed by atoms with Gasteiger partial charge in [-0.2, -0.15) is 0 Å². The Labute approximate surface area is 116 Å². The molecule has 0 saturated heterocycles. The van der Waals surface area contributed by atoms with Gasteiger partial charge < -0.3 is 10.5 Å². The van der Waals surface area contributed by atoms with Crippen LogP contribution in [0.2, 0.25) is 0 Å². The fourth-order valence-corrected chi connectivity index (χ4v) is 4.18. The third kappa shape index (κ3) is 3.05. The van der Waals surface area contributed by atoms with Gasteiger partial charge in [-0.25, -0.2) is 13.4 Å². The van der Waals surface area contributed by atoms with Crippen molar-refractivity contribution < 1.29 is 13.2 Å². The summed E-state index contributed by atoms with van der Waals surface area (Å²) in [4.78, 5) is 4.24. The van der Waals surface area contributed by atoms with Gasteiger partial charge in [0.2, 0.25) is 0 Å². The van der Waals surface area contributed by atoms with Gasteiger partial charge in [0, 0.05) is 17.1 Å². The van der Waals surface area contributed by atoms with Crippen LogP contribution in [-0.2, 0) is 15.6 Å². The third-order valence-corrected chi connectivity index (χ3v) is 5.36. The molecule has 1 aromatic heterocycles. The number of thiazole rings is 1. The van der Waals surface area contributed by atoms with Crippen molar-refractivity contribution in [3.63, 3.8) is 0 Å². The van der Waals surface area contributed by atoms with Gasteiger partial charge in [0.25, 0.3) is 0 Å². The number of nitrogen functional groups attached to an aromatic ring is 1. The zero-order chi connectivity index (χ0) is 14.0. The van der Waals surface area contributed by atoms with Crippen LogP contribution in [0.15, 0.2) is 28.5 Å². The van der Waals surface area contributed by atoms with Crippen LogP contribution in [0.1, 0.15) is 10.7 Å². The van der Waals surface area contributed by atoms with E-state index in [-0.39, 0.29) is 16.3 Å². The number of ether oxygens (including phenoxy) is 1. The van der Waals surface area contributed by atoms with Crippen LogP contribution < -0.4 is 10.5 Å². The highest BCUT2D eigenvalue weighted by molar-refractivity contribution is 7.91. The van der Waals surface area contributed by atoms with Crippen molar-refractivity contribution in [3.8, 4) is 5.75 Å². The van der Waals surface area contributed by atoms with Gasteiger partial charge in [-0.3, -0.25) is 0 Å². The number of nitrogens with two attached hydrogens (primary N) is 1. The molecule has 0 spiro atoms. The van der Waals surface area contributed by atoms with Crippen molar-refractivity contribution in [1.29, 1.82) is 0 Å². The van der Waals surface area contributed by atoms with Gasteiger partial charge in [-0.05, 0) is 19.1 Å². The summed E-state index contributed by atoms with van der Waals surface area (Å²) in [5.41, 5.74) is 6.77. The molecule has 19 heavy (non-hydrogen) atoms. The second-order valence-corrected chi connectivity index (χ2v) is 6.95. The molecular weight excluding hydrogens is 284 g/mol. The minimum absolute atomic E-state index is 0.0831. The molecule has 5 nitrogen and oxygen atoms in total. The summed E-state index contributed by atoms with van der Waals surface area (Å²) in [6.45, 7) is 1.83. The lowest BCUT2D eigenvalue weighted by molar-refractivity contribution is 0.413. The summed E-state index contributed by atoms with van der Waals surface area (Å²) in [7, 11) is -2.04. The van der Waals surface area contributed by atoms with E-state index in [0.29, 0.717) is 10.8 Å². The first-order valence-electron chi connectivity index (χ1n) is 5.49. The Morgan fingerprint density at radius 1 is 1.42 bits per heavy atom. The number of methoxy groups -OCH3 is 1. The van der Waals surface area contributed by atoms with Crippen molar-refractivity contribution in [2.24, 2.45) is 0 Å². The summed E-state index contributed by atoms with van der Waals surface area (Å²) in [6.07, 6.45) is 0. The van der Waals surface area contributed by atoms with Crippen LogP contribution in [0.4, 0.5) is 5.69 Å². The monoisotopic (exact) mass is 298 g/mol. The van der Waals surface area contributed by atoms with E-state index in [1.165, 1.54) is 30.6 Å². The molecule has 0 aliphatic rings. The number of anilines is 1. The fourth-order valence-electron chi connectivity index (χ4n) is 1.62. The highest BCUT2D eigenvalue weighted by Crippen LogP contribution is 2.27. The zero-order valence-electron chi connectivity index (χ0n) is 10.6. The van der Waals surface area contributed by atoms with E-state index in [1.54, 1.807) is 6.07 Å². The number of sulfone groups is 1. The largest absolute Gasteiger partial charge is 0.497 e. The van der Waals surface area contributed by atoms with Crippen molar-refractivity contribution in [3.05, 3.63) is 34.3 Å². The van der Waals surface area contributed by atoms with E-state index >= 15 is 0 Å². The number of hydrogen-bond acceptors (Lipinski definition) is 6. The quantitative estimate of drug-likeness (QED) is 0.873. The van der Waals surface area contributed by atoms with Gasteiger partial charge in [-0.15, -0.1) is 11.3 Å². The van der Waals surface area contributed by atoms with E-state index in [4.69, 9.17) is 10.5 Å². The van der Waals surface area contributed by atoms with Gasteiger partial charge in [-0.1, -0.05) is 0 Å². The van der Waals surface area contributed by atoms with Crippen LogP contribution in [0, 0.1) is 6.92 Å². The smallest absolute Gasteiger partial charge is 0.187 e. The lowest BCUT2D eigenvalue weighted by Gasteiger charge is -2.08. The number of nitrogens with zero attached hydrogens (tertiary/aromatic N) is 1. The first-order chi connectivity index (χ1) is 8.92. The summed E-state index contributed by atoms with van der Waals surface area (Å²) >= 11 is 1.32. The first-order valence-corrected chi connectivity index (χ1v) is 8.03. The molecule has 2 aromatic rings. The fraction of sp³-hybridized carbons (Fsp3) is 0.250. The standard InChI is InChI=1S/C12H14N2O3S2/c1-8-6-18-12(14-8)7-19(15,16)11-5-9(17-2)3-4-10(11)13/h3-6H,7,13H2,1-2H3. The van der Waals surface area contributed by atoms with E-state index in [0.717, 1.165) is 5.69 Å². The number of aromatic nitrogens is 1. The Bertz CT molecular complexity index is 693. The molecule has 0 aliphatic carbocycles. The van der Waals surface area contributed by atoms with E-state index in [1.807, 2.05) is 12.3 Å². The number of benzene rings is 1. The zero-order valence-corrected chi connectivity index (χ0v) is 12.2. The third-order valence-electron chi connectivity index (χ3n) is 2.54. The topological polar surface area (TPSA) is 82.3 Å². The predicted octanol–water partition coefficient (Wildman–Crippen LogP) is 2.02. The molecule has 0 aliphatic heterocycles. The molecule has 0 fully saturated rings. The van der Waals surface area contributed by atoms with Crippen molar-refractivity contribution in [1.82, 2.24) is 4.98 Å². The summed E-state index contributed by atoms with van der Waals surface area (Å²) in [5.74, 6) is 0.311. The molecule has 1 aromatic carbocycles. The van der Waals surface area contributed by atoms with E-state index in [2.05, 4.69) is 4.98 Å². The van der Waals surface area contributed by atoms with Crippen molar-refractivity contribution in [2.45, 2.75) is 17.6 Å². The summed E-state index contributed by atoms with van der Waals surface area (Å²) in [5, 5.41) is 2.37. The lowest BCUT2D eigenvalue weighted by atomic mass is 10.3. The SMILES string of the molecule is COc1ccc(N)c(S(=O)(=O)Cc2nc(C)cs2)c1. The van der Waals surface area contributed by atoms with Gasteiger partial charge in [0.05, 0.1) is 17.7 Å². The Morgan fingerprint density at radius 3 is 2.74 bits per heavy atom. The highest BCUT2D eigenvalue weighted by Gasteiger charge is 2.20. The summed E-state index contributed by atoms with van der Waals surface area (Å²) in [6, 6.07) is 4.59. The minimum atomic E-state index is -3.52.